The van der Waals surface area contributed by atoms with E-state index in [2.05, 4.69) is 26.2 Å². The van der Waals surface area contributed by atoms with E-state index >= 15 is 0 Å². The molecule has 21 heavy (non-hydrogen) atoms. The van der Waals surface area contributed by atoms with E-state index < -0.39 is 5.54 Å². The molecule has 0 unspecified atom stereocenters. The van der Waals surface area contributed by atoms with Crippen molar-refractivity contribution in [1.29, 1.82) is 0 Å². The van der Waals surface area contributed by atoms with Crippen LogP contribution >= 0.6 is 28.3 Å². The Balaban J connectivity index is 0.00000161. The van der Waals surface area contributed by atoms with E-state index in [0.717, 1.165) is 22.9 Å². The molecule has 0 saturated heterocycles. The lowest BCUT2D eigenvalue weighted by molar-refractivity contribution is -0.118. The van der Waals surface area contributed by atoms with Crippen LogP contribution in [-0.4, -0.2) is 21.0 Å². The number of hydrogen-bond donors (Lipinski definition) is 2. The highest BCUT2D eigenvalue weighted by Gasteiger charge is 2.46. The van der Waals surface area contributed by atoms with E-state index in [1.807, 2.05) is 35.0 Å². The molecule has 7 heteroatoms. The first-order valence-corrected chi connectivity index (χ1v) is 7.22. The van der Waals surface area contributed by atoms with Gasteiger partial charge < -0.3 is 10.3 Å². The lowest BCUT2D eigenvalue weighted by atomic mass is 10.2. The molecule has 5 nitrogen and oxygen atoms in total. The van der Waals surface area contributed by atoms with Gasteiger partial charge in [-0.2, -0.15) is 0 Å². The molecule has 1 heterocycles. The molecule has 1 saturated carbocycles. The minimum absolute atomic E-state index is 0. The quantitative estimate of drug-likeness (QED) is 0.867. The monoisotopic (exact) mass is 370 g/mol. The molecule has 1 amide bonds. The molecule has 0 aliphatic heterocycles. The summed E-state index contributed by atoms with van der Waals surface area (Å²) in [5, 5.41) is 2.80. The van der Waals surface area contributed by atoms with Crippen LogP contribution in [0.1, 0.15) is 18.4 Å². The second kappa shape index (κ2) is 6.17. The summed E-state index contributed by atoms with van der Waals surface area (Å²) >= 11 is 3.41. The largest absolute Gasteiger partial charge is 0.317 e. The molecule has 1 fully saturated rings. The van der Waals surface area contributed by atoms with Crippen LogP contribution in [0.4, 0.5) is 5.95 Å². The predicted molar refractivity (Wildman–Crippen MR) is 87.5 cm³/mol. The lowest BCUT2D eigenvalue weighted by Gasteiger charge is -2.12. The van der Waals surface area contributed by atoms with Gasteiger partial charge in [0.2, 0.25) is 11.9 Å². The van der Waals surface area contributed by atoms with Crippen LogP contribution in [0.2, 0.25) is 0 Å². The number of rotatable bonds is 4. The molecule has 3 rings (SSSR count). The Morgan fingerprint density at radius 3 is 2.67 bits per heavy atom. The second-order valence-electron chi connectivity index (χ2n) is 5.12. The molecule has 0 atom stereocenters. The number of hydrogen-bond acceptors (Lipinski definition) is 3. The Labute approximate surface area is 137 Å². The van der Waals surface area contributed by atoms with Crippen LogP contribution in [-0.2, 0) is 11.3 Å². The molecule has 1 aliphatic carbocycles. The Hall–Kier alpha value is -1.37. The standard InChI is InChI=1S/C14H15BrN4O.ClH/c15-11-3-1-10(2-4-11)9-19-8-7-17-13(19)18-12(20)14(16)5-6-14;/h1-4,7-8H,5-6,9,16H2,(H,17,18,20);1H. The summed E-state index contributed by atoms with van der Waals surface area (Å²) < 4.78 is 2.94. The summed E-state index contributed by atoms with van der Waals surface area (Å²) in [5.74, 6) is 0.385. The third kappa shape index (κ3) is 3.64. The molecule has 0 spiro atoms. The molecule has 0 bridgehead atoms. The fourth-order valence-electron chi connectivity index (χ4n) is 1.94. The van der Waals surface area contributed by atoms with Crippen LogP contribution in [0, 0.1) is 0 Å². The number of carbonyl (C=O) groups excluding carboxylic acids is 1. The SMILES string of the molecule is Cl.NC1(C(=O)Nc2nccn2Cc2ccc(Br)cc2)CC1. The van der Waals surface area contributed by atoms with Crippen molar-refractivity contribution in [2.45, 2.75) is 24.9 Å². The van der Waals surface area contributed by atoms with Crippen LogP contribution < -0.4 is 11.1 Å². The summed E-state index contributed by atoms with van der Waals surface area (Å²) in [4.78, 5) is 16.1. The first kappa shape index (κ1) is 16.0. The van der Waals surface area contributed by atoms with Gasteiger partial charge in [-0.25, -0.2) is 4.98 Å². The third-order valence-electron chi connectivity index (χ3n) is 3.45. The van der Waals surface area contributed by atoms with Gasteiger partial charge in [-0.05, 0) is 30.5 Å². The highest BCUT2D eigenvalue weighted by molar-refractivity contribution is 9.10. The summed E-state index contributed by atoms with van der Waals surface area (Å²) in [6.45, 7) is 0.653. The summed E-state index contributed by atoms with van der Waals surface area (Å²) in [6, 6.07) is 8.04. The van der Waals surface area contributed by atoms with Crippen molar-refractivity contribution in [3.63, 3.8) is 0 Å². The molecule has 0 radical (unpaired) electrons. The Morgan fingerprint density at radius 1 is 1.38 bits per heavy atom. The van der Waals surface area contributed by atoms with Gasteiger partial charge in [-0.3, -0.25) is 10.1 Å². The van der Waals surface area contributed by atoms with Crippen LogP contribution in [0.5, 0.6) is 0 Å². The Kier molecular flexibility index (Phi) is 4.70. The van der Waals surface area contributed by atoms with Crippen molar-refractivity contribution in [2.24, 2.45) is 5.73 Å². The molecule has 3 N–H and O–H groups in total. The highest BCUT2D eigenvalue weighted by atomic mass is 79.9. The van der Waals surface area contributed by atoms with Crippen molar-refractivity contribution in [3.05, 3.63) is 46.7 Å². The van der Waals surface area contributed by atoms with Crippen molar-refractivity contribution in [2.75, 3.05) is 5.32 Å². The number of aromatic nitrogens is 2. The molecular weight excluding hydrogens is 356 g/mol. The van der Waals surface area contributed by atoms with Crippen molar-refractivity contribution in [1.82, 2.24) is 9.55 Å². The maximum absolute atomic E-state index is 11.9. The average molecular weight is 372 g/mol. The predicted octanol–water partition coefficient (Wildman–Crippen LogP) is 2.55. The normalized spacial score (nSPS) is 15.1. The minimum atomic E-state index is -0.686. The van der Waals surface area contributed by atoms with Gasteiger partial charge in [0.05, 0.1) is 12.1 Å². The third-order valence-corrected chi connectivity index (χ3v) is 3.98. The summed E-state index contributed by atoms with van der Waals surface area (Å²) in [6.07, 6.45) is 5.00. The van der Waals surface area contributed by atoms with Gasteiger partial charge in [-0.1, -0.05) is 28.1 Å². The van der Waals surface area contributed by atoms with Crippen molar-refractivity contribution < 1.29 is 4.79 Å². The van der Waals surface area contributed by atoms with Crippen molar-refractivity contribution in [3.8, 4) is 0 Å². The zero-order valence-electron chi connectivity index (χ0n) is 11.3. The van der Waals surface area contributed by atoms with Gasteiger partial charge in [0.1, 0.15) is 0 Å². The summed E-state index contributed by atoms with van der Waals surface area (Å²) in [7, 11) is 0. The average Bonchev–Trinajstić information content (AvgIpc) is 3.04. The smallest absolute Gasteiger partial charge is 0.246 e. The number of imidazole rings is 1. The second-order valence-corrected chi connectivity index (χ2v) is 6.03. The maximum atomic E-state index is 11.9. The van der Waals surface area contributed by atoms with E-state index in [1.54, 1.807) is 6.20 Å². The molecule has 1 aromatic carbocycles. The molecule has 1 aliphatic rings. The fraction of sp³-hybridized carbons (Fsp3) is 0.286. The van der Waals surface area contributed by atoms with E-state index in [0.29, 0.717) is 12.5 Å². The first-order valence-electron chi connectivity index (χ1n) is 6.43. The van der Waals surface area contributed by atoms with E-state index in [9.17, 15) is 4.79 Å². The Bertz CT molecular complexity index is 637. The number of nitrogens with one attached hydrogen (secondary N) is 1. The number of halogens is 2. The number of nitrogens with zero attached hydrogens (tertiary/aromatic N) is 2. The lowest BCUT2D eigenvalue weighted by Crippen LogP contribution is -2.38. The van der Waals surface area contributed by atoms with Gasteiger partial charge in [-0.15, -0.1) is 12.4 Å². The van der Waals surface area contributed by atoms with Crippen LogP contribution in [0.25, 0.3) is 0 Å². The van der Waals surface area contributed by atoms with E-state index in [-0.39, 0.29) is 18.3 Å². The van der Waals surface area contributed by atoms with Gasteiger partial charge >= 0.3 is 0 Å². The molecular formula is C14H16BrClN4O. The molecule has 1 aromatic heterocycles. The minimum Gasteiger partial charge on any atom is -0.317 e. The fourth-order valence-corrected chi connectivity index (χ4v) is 2.20. The van der Waals surface area contributed by atoms with E-state index in [4.69, 9.17) is 5.73 Å². The first-order chi connectivity index (χ1) is 9.57. The van der Waals surface area contributed by atoms with E-state index in [1.165, 1.54) is 0 Å². The Morgan fingerprint density at radius 2 is 2.05 bits per heavy atom. The topological polar surface area (TPSA) is 72.9 Å². The van der Waals surface area contributed by atoms with Crippen molar-refractivity contribution >= 4 is 40.2 Å². The maximum Gasteiger partial charge on any atom is 0.246 e. The number of nitrogens with two attached hydrogens (primary N) is 1. The number of amides is 1. The summed E-state index contributed by atoms with van der Waals surface area (Å²) in [5.41, 5.74) is 6.32. The molecule has 112 valence electrons. The number of anilines is 1. The van der Waals surface area contributed by atoms with Crippen LogP contribution in [0.3, 0.4) is 0 Å². The number of carbonyl (C=O) groups is 1. The zero-order valence-corrected chi connectivity index (χ0v) is 13.7. The van der Waals surface area contributed by atoms with Gasteiger partial charge in [0, 0.05) is 16.9 Å². The highest BCUT2D eigenvalue weighted by Crippen LogP contribution is 2.33. The van der Waals surface area contributed by atoms with Gasteiger partial charge in [0.25, 0.3) is 0 Å². The van der Waals surface area contributed by atoms with Crippen LogP contribution in [0.15, 0.2) is 41.1 Å². The zero-order chi connectivity index (χ0) is 14.2. The van der Waals surface area contributed by atoms with Gasteiger partial charge in [0.15, 0.2) is 0 Å². The number of benzene rings is 1. The molecule has 2 aromatic rings.